The van der Waals surface area contributed by atoms with Gasteiger partial charge in [-0.25, -0.2) is 0 Å². The third-order valence-corrected chi connectivity index (χ3v) is 6.49. The highest BCUT2D eigenvalue weighted by Gasteiger charge is 2.16. The molecule has 2 aromatic carbocycles. The van der Waals surface area contributed by atoms with Gasteiger partial charge in [-0.05, 0) is 35.2 Å². The molecule has 1 aliphatic rings. The molecule has 0 saturated carbocycles. The fourth-order valence-corrected chi connectivity index (χ4v) is 4.42. The Morgan fingerprint density at radius 1 is 1.12 bits per heavy atom. The minimum absolute atomic E-state index is 0.212. The van der Waals surface area contributed by atoms with Crippen LogP contribution in [-0.2, 0) is 13.2 Å². The van der Waals surface area contributed by atoms with Crippen LogP contribution in [0.15, 0.2) is 60.1 Å². The van der Waals surface area contributed by atoms with E-state index < -0.39 is 0 Å². The summed E-state index contributed by atoms with van der Waals surface area (Å²) >= 11 is 13.8. The molecule has 5 rings (SSSR count). The molecule has 3 heterocycles. The third kappa shape index (κ3) is 4.93. The first-order chi connectivity index (χ1) is 16.0. The number of halogens is 2. The largest absolute Gasteiger partial charge is 0.489 e. The number of fused-ring (bicyclic) bond motifs is 1. The smallest absolute Gasteiger partial charge is 0.266 e. The molecule has 7 nitrogen and oxygen atoms in total. The highest BCUT2D eigenvalue weighted by atomic mass is 35.5. The van der Waals surface area contributed by atoms with Crippen LogP contribution in [-0.4, -0.2) is 22.5 Å². The molecule has 168 valence electrons. The Morgan fingerprint density at radius 2 is 1.97 bits per heavy atom. The Kier molecular flexibility index (Phi) is 6.13. The van der Waals surface area contributed by atoms with Gasteiger partial charge in [-0.2, -0.15) is 5.10 Å². The van der Waals surface area contributed by atoms with E-state index in [0.717, 1.165) is 11.1 Å². The van der Waals surface area contributed by atoms with Crippen LogP contribution in [0, 0.1) is 0 Å². The molecule has 1 N–H and O–H groups in total. The SMILES string of the molecule is O=C(Nc1nn(Cc2ccccc2Cl)cc1Cl)c1cc(COc2ccc3c(c2)OCO3)cs1. The molecule has 33 heavy (non-hydrogen) atoms. The Balaban J connectivity index is 1.20. The minimum atomic E-state index is -0.292. The maximum atomic E-state index is 12.7. The number of hydrogen-bond acceptors (Lipinski definition) is 6. The highest BCUT2D eigenvalue weighted by molar-refractivity contribution is 7.12. The second-order valence-electron chi connectivity index (χ2n) is 7.19. The molecule has 0 bridgehead atoms. The van der Waals surface area contributed by atoms with Crippen LogP contribution in [0.1, 0.15) is 20.8 Å². The number of hydrogen-bond donors (Lipinski definition) is 1. The van der Waals surface area contributed by atoms with Gasteiger partial charge < -0.3 is 19.5 Å². The second-order valence-corrected chi connectivity index (χ2v) is 8.92. The molecule has 4 aromatic rings. The monoisotopic (exact) mass is 501 g/mol. The summed E-state index contributed by atoms with van der Waals surface area (Å²) in [6, 6.07) is 14.7. The molecule has 0 fully saturated rings. The van der Waals surface area contributed by atoms with Crippen molar-refractivity contribution >= 4 is 46.3 Å². The summed E-state index contributed by atoms with van der Waals surface area (Å²) in [7, 11) is 0. The van der Waals surface area contributed by atoms with Gasteiger partial charge in [0.2, 0.25) is 6.79 Å². The van der Waals surface area contributed by atoms with Crippen molar-refractivity contribution in [1.29, 1.82) is 0 Å². The van der Waals surface area contributed by atoms with E-state index in [2.05, 4.69) is 10.4 Å². The molecule has 10 heteroatoms. The number of benzene rings is 2. The number of amides is 1. The van der Waals surface area contributed by atoms with Crippen LogP contribution < -0.4 is 19.5 Å². The zero-order chi connectivity index (χ0) is 22.8. The first kappa shape index (κ1) is 21.6. The number of carbonyl (C=O) groups excluding carboxylic acids is 1. The highest BCUT2D eigenvalue weighted by Crippen LogP contribution is 2.35. The predicted molar refractivity (Wildman–Crippen MR) is 127 cm³/mol. The van der Waals surface area contributed by atoms with Gasteiger partial charge >= 0.3 is 0 Å². The topological polar surface area (TPSA) is 74.6 Å². The number of nitrogens with zero attached hydrogens (tertiary/aromatic N) is 2. The predicted octanol–water partition coefficient (Wildman–Crippen LogP) is 5.86. The quantitative estimate of drug-likeness (QED) is 0.343. The summed E-state index contributed by atoms with van der Waals surface area (Å²) in [6.45, 7) is 0.969. The molecular weight excluding hydrogens is 485 g/mol. The molecule has 0 radical (unpaired) electrons. The van der Waals surface area contributed by atoms with E-state index >= 15 is 0 Å². The van der Waals surface area contributed by atoms with Crippen LogP contribution in [0.3, 0.4) is 0 Å². The lowest BCUT2D eigenvalue weighted by Crippen LogP contribution is -2.11. The van der Waals surface area contributed by atoms with E-state index in [1.165, 1.54) is 11.3 Å². The summed E-state index contributed by atoms with van der Waals surface area (Å²) in [5.74, 6) is 2.01. The first-order valence-corrected chi connectivity index (χ1v) is 11.6. The molecule has 1 amide bonds. The van der Waals surface area contributed by atoms with Crippen LogP contribution >= 0.6 is 34.5 Å². The van der Waals surface area contributed by atoms with Gasteiger partial charge in [0.05, 0.1) is 11.4 Å². The lowest BCUT2D eigenvalue weighted by molar-refractivity contribution is 0.103. The Morgan fingerprint density at radius 3 is 2.85 bits per heavy atom. The molecule has 0 spiro atoms. The zero-order valence-corrected chi connectivity index (χ0v) is 19.4. The second kappa shape index (κ2) is 9.35. The number of carbonyl (C=O) groups is 1. The third-order valence-electron chi connectivity index (χ3n) is 4.87. The standard InChI is InChI=1S/C23H17Cl2N3O4S/c24-17-4-2-1-3-15(17)9-28-10-18(25)22(27-28)26-23(29)21-7-14(12-33-21)11-30-16-5-6-19-20(8-16)32-13-31-19/h1-8,10,12H,9,11,13H2,(H,26,27,29). The fourth-order valence-electron chi connectivity index (χ4n) is 3.24. The number of nitrogens with one attached hydrogen (secondary N) is 1. The van der Waals surface area contributed by atoms with Gasteiger partial charge in [-0.3, -0.25) is 9.48 Å². The first-order valence-electron chi connectivity index (χ1n) is 9.93. The molecular formula is C23H17Cl2N3O4S. The summed E-state index contributed by atoms with van der Waals surface area (Å²) in [6.07, 6.45) is 1.65. The Labute approximate surface area is 203 Å². The zero-order valence-electron chi connectivity index (χ0n) is 17.1. The van der Waals surface area contributed by atoms with E-state index in [9.17, 15) is 4.79 Å². The summed E-state index contributed by atoms with van der Waals surface area (Å²) in [4.78, 5) is 13.2. The van der Waals surface area contributed by atoms with E-state index in [4.69, 9.17) is 37.4 Å². The van der Waals surface area contributed by atoms with Gasteiger partial charge in [0, 0.05) is 22.8 Å². The number of aromatic nitrogens is 2. The normalized spacial score (nSPS) is 12.1. The number of ether oxygens (including phenoxy) is 3. The number of rotatable bonds is 7. The van der Waals surface area contributed by atoms with Gasteiger partial charge in [0.15, 0.2) is 17.3 Å². The van der Waals surface area contributed by atoms with Gasteiger partial charge in [0.25, 0.3) is 5.91 Å². The van der Waals surface area contributed by atoms with E-state index in [0.29, 0.717) is 51.1 Å². The number of thiophene rings is 1. The summed E-state index contributed by atoms with van der Waals surface area (Å²) < 4.78 is 18.1. The molecule has 0 atom stereocenters. The molecule has 0 unspecified atom stereocenters. The van der Waals surface area contributed by atoms with Crippen LogP contribution in [0.25, 0.3) is 0 Å². The maximum absolute atomic E-state index is 12.7. The van der Waals surface area contributed by atoms with Crippen molar-refractivity contribution in [3.8, 4) is 17.2 Å². The molecule has 0 aliphatic carbocycles. The Hall–Kier alpha value is -3.20. The van der Waals surface area contributed by atoms with E-state index in [-0.39, 0.29) is 12.7 Å². The number of anilines is 1. The summed E-state index contributed by atoms with van der Waals surface area (Å²) in [5.41, 5.74) is 1.78. The van der Waals surface area contributed by atoms with Crippen molar-refractivity contribution in [3.05, 3.63) is 86.2 Å². The maximum Gasteiger partial charge on any atom is 0.266 e. The fraction of sp³-hybridized carbons (Fsp3) is 0.130. The van der Waals surface area contributed by atoms with Crippen LogP contribution in [0.4, 0.5) is 5.82 Å². The molecule has 2 aromatic heterocycles. The van der Waals surface area contributed by atoms with Gasteiger partial charge in [-0.15, -0.1) is 11.3 Å². The lowest BCUT2D eigenvalue weighted by atomic mass is 10.2. The van der Waals surface area contributed by atoms with Gasteiger partial charge in [0.1, 0.15) is 17.4 Å². The minimum Gasteiger partial charge on any atom is -0.489 e. The molecule has 1 aliphatic heterocycles. The Bertz CT molecular complexity index is 1320. The van der Waals surface area contributed by atoms with Crippen molar-refractivity contribution in [3.63, 3.8) is 0 Å². The molecule has 0 saturated heterocycles. The van der Waals surface area contributed by atoms with Gasteiger partial charge in [-0.1, -0.05) is 41.4 Å². The van der Waals surface area contributed by atoms with Crippen LogP contribution in [0.5, 0.6) is 17.2 Å². The van der Waals surface area contributed by atoms with Crippen molar-refractivity contribution in [2.45, 2.75) is 13.2 Å². The lowest BCUT2D eigenvalue weighted by Gasteiger charge is -2.05. The summed E-state index contributed by atoms with van der Waals surface area (Å²) in [5, 5.41) is 10.0. The van der Waals surface area contributed by atoms with Crippen molar-refractivity contribution < 1.29 is 19.0 Å². The van der Waals surface area contributed by atoms with Crippen molar-refractivity contribution in [2.75, 3.05) is 12.1 Å². The van der Waals surface area contributed by atoms with Crippen LogP contribution in [0.2, 0.25) is 10.0 Å². The average molecular weight is 502 g/mol. The van der Waals surface area contributed by atoms with E-state index in [1.54, 1.807) is 29.1 Å². The van der Waals surface area contributed by atoms with Crippen molar-refractivity contribution in [1.82, 2.24) is 9.78 Å². The average Bonchev–Trinajstić information content (AvgIpc) is 3.54. The van der Waals surface area contributed by atoms with Crippen molar-refractivity contribution in [2.24, 2.45) is 0 Å². The van der Waals surface area contributed by atoms with E-state index in [1.807, 2.05) is 35.7 Å².